The number of piperazine rings is 1. The van der Waals surface area contributed by atoms with E-state index in [1.807, 2.05) is 48.5 Å². The Morgan fingerprint density at radius 3 is 2.44 bits per heavy atom. The molecular formula is C25H24ClN3O3. The lowest BCUT2D eigenvalue weighted by Crippen LogP contribution is -2.48. The van der Waals surface area contributed by atoms with Crippen molar-refractivity contribution in [3.8, 4) is 11.3 Å². The maximum Gasteiger partial charge on any atom is 0.248 e. The molecule has 0 saturated carbocycles. The molecule has 1 aromatic heterocycles. The highest BCUT2D eigenvalue weighted by Crippen LogP contribution is 2.34. The summed E-state index contributed by atoms with van der Waals surface area (Å²) in [7, 11) is 0. The molecule has 4 rings (SSSR count). The highest BCUT2D eigenvalue weighted by atomic mass is 35.5. The van der Waals surface area contributed by atoms with Gasteiger partial charge >= 0.3 is 0 Å². The zero-order valence-electron chi connectivity index (χ0n) is 17.8. The van der Waals surface area contributed by atoms with E-state index in [2.05, 4.69) is 10.2 Å². The summed E-state index contributed by atoms with van der Waals surface area (Å²) in [6.07, 6.45) is 3.07. The summed E-state index contributed by atoms with van der Waals surface area (Å²) < 4.78 is 5.81. The number of hydrogen-bond donors (Lipinski definition) is 1. The number of rotatable bonds is 5. The topological polar surface area (TPSA) is 65.8 Å². The molecule has 1 saturated heterocycles. The van der Waals surface area contributed by atoms with Crippen molar-refractivity contribution < 1.29 is 14.0 Å². The molecule has 6 nitrogen and oxygen atoms in total. The summed E-state index contributed by atoms with van der Waals surface area (Å²) in [6, 6.07) is 18.9. The maximum atomic E-state index is 12.6. The molecule has 1 aliphatic rings. The lowest BCUT2D eigenvalue weighted by atomic mass is 10.2. The molecule has 0 unspecified atom stereocenters. The van der Waals surface area contributed by atoms with Gasteiger partial charge in [0.25, 0.3) is 0 Å². The first kappa shape index (κ1) is 21.7. The molecule has 32 heavy (non-hydrogen) atoms. The van der Waals surface area contributed by atoms with Crippen molar-refractivity contribution in [2.24, 2.45) is 0 Å². The van der Waals surface area contributed by atoms with Crippen molar-refractivity contribution in [2.45, 2.75) is 6.92 Å². The first-order chi connectivity index (χ1) is 15.5. The van der Waals surface area contributed by atoms with Gasteiger partial charge in [-0.25, -0.2) is 0 Å². The highest BCUT2D eigenvalue weighted by molar-refractivity contribution is 6.34. The minimum absolute atomic E-state index is 0.0656. The molecule has 2 aromatic carbocycles. The number of hydrogen-bond acceptors (Lipinski definition) is 4. The van der Waals surface area contributed by atoms with Crippen molar-refractivity contribution >= 4 is 40.9 Å². The zero-order valence-corrected chi connectivity index (χ0v) is 18.5. The summed E-state index contributed by atoms with van der Waals surface area (Å²) >= 11 is 6.47. The minimum Gasteiger partial charge on any atom is -0.457 e. The Morgan fingerprint density at radius 2 is 1.72 bits per heavy atom. The summed E-state index contributed by atoms with van der Waals surface area (Å²) in [4.78, 5) is 28.1. The van der Waals surface area contributed by atoms with Crippen LogP contribution in [0.2, 0.25) is 5.02 Å². The normalized spacial score (nSPS) is 14.1. The third kappa shape index (κ3) is 5.03. The second-order valence-electron chi connectivity index (χ2n) is 7.52. The number of carbonyl (C=O) groups is 2. The largest absolute Gasteiger partial charge is 0.457 e. The molecule has 164 valence electrons. The minimum atomic E-state index is -0.284. The van der Waals surface area contributed by atoms with Crippen LogP contribution in [0.15, 0.2) is 71.2 Å². The van der Waals surface area contributed by atoms with Gasteiger partial charge in [-0.3, -0.25) is 9.59 Å². The van der Waals surface area contributed by atoms with Crippen molar-refractivity contribution in [1.82, 2.24) is 4.90 Å². The number of nitrogens with zero attached hydrogens (tertiary/aromatic N) is 2. The molecule has 0 atom stereocenters. The molecule has 0 aliphatic carbocycles. The molecule has 0 spiro atoms. The number of furan rings is 1. The molecular weight excluding hydrogens is 426 g/mol. The van der Waals surface area contributed by atoms with Gasteiger partial charge in [-0.05, 0) is 30.3 Å². The average Bonchev–Trinajstić information content (AvgIpc) is 3.28. The van der Waals surface area contributed by atoms with Crippen molar-refractivity contribution in [3.05, 3.63) is 77.5 Å². The van der Waals surface area contributed by atoms with Gasteiger partial charge in [0.1, 0.15) is 11.5 Å². The fourth-order valence-corrected chi connectivity index (χ4v) is 4.01. The Kier molecular flexibility index (Phi) is 6.61. The number of amides is 2. The Morgan fingerprint density at radius 1 is 0.969 bits per heavy atom. The Hall–Kier alpha value is -3.51. The molecule has 2 amide bonds. The van der Waals surface area contributed by atoms with Gasteiger partial charge in [0.2, 0.25) is 11.8 Å². The van der Waals surface area contributed by atoms with Crippen LogP contribution in [0.5, 0.6) is 0 Å². The third-order valence-corrected chi connectivity index (χ3v) is 5.67. The van der Waals surface area contributed by atoms with E-state index in [1.54, 1.807) is 30.0 Å². The van der Waals surface area contributed by atoms with Gasteiger partial charge in [-0.15, -0.1) is 0 Å². The van der Waals surface area contributed by atoms with Crippen LogP contribution in [-0.4, -0.2) is 42.9 Å². The van der Waals surface area contributed by atoms with Crippen LogP contribution in [0.3, 0.4) is 0 Å². The van der Waals surface area contributed by atoms with Crippen molar-refractivity contribution in [3.63, 3.8) is 0 Å². The number of para-hydroxylation sites is 1. The van der Waals surface area contributed by atoms with Crippen LogP contribution in [0.4, 0.5) is 11.4 Å². The molecule has 0 radical (unpaired) electrons. The smallest absolute Gasteiger partial charge is 0.248 e. The van der Waals surface area contributed by atoms with E-state index >= 15 is 0 Å². The highest BCUT2D eigenvalue weighted by Gasteiger charge is 2.22. The van der Waals surface area contributed by atoms with E-state index in [9.17, 15) is 9.59 Å². The number of halogens is 1. The fourth-order valence-electron chi connectivity index (χ4n) is 3.71. The lowest BCUT2D eigenvalue weighted by molar-refractivity contribution is -0.129. The summed E-state index contributed by atoms with van der Waals surface area (Å²) in [5, 5.41) is 3.47. The second-order valence-corrected chi connectivity index (χ2v) is 7.93. The predicted molar refractivity (Wildman–Crippen MR) is 128 cm³/mol. The number of anilines is 2. The maximum absolute atomic E-state index is 12.6. The molecule has 2 heterocycles. The van der Waals surface area contributed by atoms with E-state index in [0.717, 1.165) is 17.0 Å². The predicted octanol–water partition coefficient (Wildman–Crippen LogP) is 4.92. The Bertz CT molecular complexity index is 1130. The van der Waals surface area contributed by atoms with Gasteiger partial charge in [-0.2, -0.15) is 0 Å². The number of benzene rings is 2. The van der Waals surface area contributed by atoms with Gasteiger partial charge in [0.15, 0.2) is 0 Å². The monoisotopic (exact) mass is 449 g/mol. The van der Waals surface area contributed by atoms with Crippen LogP contribution in [0.1, 0.15) is 12.7 Å². The first-order valence-electron chi connectivity index (χ1n) is 10.4. The van der Waals surface area contributed by atoms with E-state index in [1.165, 1.54) is 6.08 Å². The number of carbonyl (C=O) groups excluding carboxylic acids is 2. The van der Waals surface area contributed by atoms with Gasteiger partial charge in [-0.1, -0.05) is 48.0 Å². The van der Waals surface area contributed by atoms with E-state index in [0.29, 0.717) is 42.6 Å². The van der Waals surface area contributed by atoms with Gasteiger partial charge in [0.05, 0.1) is 16.4 Å². The summed E-state index contributed by atoms with van der Waals surface area (Å²) in [5.74, 6) is 1.11. The van der Waals surface area contributed by atoms with E-state index < -0.39 is 0 Å². The van der Waals surface area contributed by atoms with Crippen molar-refractivity contribution in [2.75, 3.05) is 36.4 Å². The molecule has 3 aromatic rings. The molecule has 1 aliphatic heterocycles. The number of nitrogens with one attached hydrogen (secondary N) is 1. The van der Waals surface area contributed by atoms with Gasteiger partial charge in [0, 0.05) is 44.7 Å². The lowest BCUT2D eigenvalue weighted by Gasteiger charge is -2.36. The van der Waals surface area contributed by atoms with E-state index in [-0.39, 0.29) is 11.8 Å². The zero-order chi connectivity index (χ0) is 22.5. The third-order valence-electron chi connectivity index (χ3n) is 5.37. The standard InChI is InChI=1S/C25H24ClN3O3/c1-18(30)28-14-16-29(17-15-28)25-21(26)8-5-9-22(25)27-24(31)13-11-20-10-12-23(32-20)19-6-3-2-4-7-19/h2-13H,14-17H2,1H3,(H,27,31). The Balaban J connectivity index is 1.44. The molecule has 1 N–H and O–H groups in total. The summed E-state index contributed by atoms with van der Waals surface area (Å²) in [6.45, 7) is 4.12. The van der Waals surface area contributed by atoms with Crippen LogP contribution < -0.4 is 10.2 Å². The van der Waals surface area contributed by atoms with Crippen molar-refractivity contribution in [1.29, 1.82) is 0 Å². The first-order valence-corrected chi connectivity index (χ1v) is 10.8. The molecule has 1 fully saturated rings. The van der Waals surface area contributed by atoms with Gasteiger partial charge < -0.3 is 19.5 Å². The fraction of sp³-hybridized carbons (Fsp3) is 0.200. The molecule has 0 bridgehead atoms. The van der Waals surface area contributed by atoms with Crippen LogP contribution in [0, 0.1) is 0 Å². The van der Waals surface area contributed by atoms with Crippen LogP contribution in [0.25, 0.3) is 17.4 Å². The van der Waals surface area contributed by atoms with Crippen LogP contribution >= 0.6 is 11.6 Å². The Labute approximate surface area is 192 Å². The second kappa shape index (κ2) is 9.75. The van der Waals surface area contributed by atoms with Crippen LogP contribution in [-0.2, 0) is 9.59 Å². The SMILES string of the molecule is CC(=O)N1CCN(c2c(Cl)cccc2NC(=O)C=Cc2ccc(-c3ccccc3)o2)CC1. The quantitative estimate of drug-likeness (QED) is 0.561. The average molecular weight is 450 g/mol. The molecule has 7 heteroatoms. The summed E-state index contributed by atoms with van der Waals surface area (Å²) in [5.41, 5.74) is 2.38. The van der Waals surface area contributed by atoms with E-state index in [4.69, 9.17) is 16.0 Å².